The minimum absolute atomic E-state index is 0.273. The molecule has 1 amide bonds. The molecule has 0 aromatic heterocycles. The minimum Gasteiger partial charge on any atom is -0.349 e. The lowest BCUT2D eigenvalue weighted by Gasteiger charge is -2.19. The van der Waals surface area contributed by atoms with Crippen molar-refractivity contribution in [3.05, 3.63) is 34.9 Å². The molecule has 1 fully saturated rings. The monoisotopic (exact) mass is 353 g/mol. The fraction of sp³-hybridized carbons (Fsp3) is 0.562. The second-order valence-electron chi connectivity index (χ2n) is 5.92. The van der Waals surface area contributed by atoms with Crippen LogP contribution in [-0.4, -0.2) is 11.9 Å². The molecule has 1 aromatic rings. The Kier molecular flexibility index (Phi) is 5.45. The Hall–Kier alpha value is -1.73. The van der Waals surface area contributed by atoms with E-state index in [4.69, 9.17) is 0 Å². The van der Waals surface area contributed by atoms with E-state index in [0.29, 0.717) is 25.0 Å². The minimum atomic E-state index is -4.90. The van der Waals surface area contributed by atoms with Crippen LogP contribution in [0.1, 0.15) is 60.0 Å². The Bertz CT molecular complexity index is 585. The third kappa shape index (κ3) is 4.64. The topological polar surface area (TPSA) is 29.1 Å². The van der Waals surface area contributed by atoms with E-state index >= 15 is 0 Å². The number of rotatable bonds is 2. The smallest absolute Gasteiger partial charge is 0.349 e. The SMILES string of the molecule is O=C(NC1CCCCCC1)c1cc(C(F)(F)F)ccc1C(F)(F)F. The van der Waals surface area contributed by atoms with E-state index in [1.807, 2.05) is 0 Å². The summed E-state index contributed by atoms with van der Waals surface area (Å²) in [5.74, 6) is -1.11. The number of alkyl halides is 6. The second-order valence-corrected chi connectivity index (χ2v) is 5.92. The Labute approximate surface area is 135 Å². The average molecular weight is 353 g/mol. The number of hydrogen-bond donors (Lipinski definition) is 1. The molecule has 1 aliphatic rings. The van der Waals surface area contributed by atoms with Crippen molar-refractivity contribution in [1.82, 2.24) is 5.32 Å². The van der Waals surface area contributed by atoms with Gasteiger partial charge in [-0.3, -0.25) is 4.79 Å². The molecule has 8 heteroatoms. The molecule has 134 valence electrons. The van der Waals surface area contributed by atoms with Crippen LogP contribution in [-0.2, 0) is 12.4 Å². The summed E-state index contributed by atoms with van der Waals surface area (Å²) < 4.78 is 77.3. The number of nitrogens with one attached hydrogen (secondary N) is 1. The maximum Gasteiger partial charge on any atom is 0.417 e. The van der Waals surface area contributed by atoms with Crippen LogP contribution in [0.4, 0.5) is 26.3 Å². The summed E-state index contributed by atoms with van der Waals surface area (Å²) in [4.78, 5) is 12.2. The first-order chi connectivity index (χ1) is 11.1. The highest BCUT2D eigenvalue weighted by Crippen LogP contribution is 2.36. The van der Waals surface area contributed by atoms with Gasteiger partial charge in [-0.05, 0) is 31.0 Å². The van der Waals surface area contributed by atoms with Crippen molar-refractivity contribution < 1.29 is 31.1 Å². The van der Waals surface area contributed by atoms with Crippen molar-refractivity contribution in [3.8, 4) is 0 Å². The molecular formula is C16H17F6NO. The third-order valence-corrected chi connectivity index (χ3v) is 4.09. The Morgan fingerprint density at radius 1 is 0.917 bits per heavy atom. The molecule has 0 atom stereocenters. The van der Waals surface area contributed by atoms with Gasteiger partial charge in [0.2, 0.25) is 0 Å². The van der Waals surface area contributed by atoms with E-state index < -0.39 is 35.0 Å². The highest BCUT2D eigenvalue weighted by atomic mass is 19.4. The van der Waals surface area contributed by atoms with Crippen LogP contribution in [0, 0.1) is 0 Å². The molecule has 1 aromatic carbocycles. The predicted molar refractivity (Wildman–Crippen MR) is 75.4 cm³/mol. The van der Waals surface area contributed by atoms with Crippen molar-refractivity contribution >= 4 is 5.91 Å². The summed E-state index contributed by atoms with van der Waals surface area (Å²) >= 11 is 0. The van der Waals surface area contributed by atoms with Gasteiger partial charge in [-0.1, -0.05) is 25.7 Å². The zero-order chi connectivity index (χ0) is 18.0. The number of benzene rings is 1. The quantitative estimate of drug-likeness (QED) is 0.576. The largest absolute Gasteiger partial charge is 0.417 e. The fourth-order valence-electron chi connectivity index (χ4n) is 2.84. The second kappa shape index (κ2) is 7.03. The first kappa shape index (κ1) is 18.6. The summed E-state index contributed by atoms with van der Waals surface area (Å²) in [6.45, 7) is 0. The molecule has 1 saturated carbocycles. The maximum atomic E-state index is 13.0. The summed E-state index contributed by atoms with van der Waals surface area (Å²) in [6, 6.07) is 0.612. The van der Waals surface area contributed by atoms with Crippen LogP contribution in [0.2, 0.25) is 0 Å². The Morgan fingerprint density at radius 3 is 2.00 bits per heavy atom. The van der Waals surface area contributed by atoms with Crippen molar-refractivity contribution in [2.24, 2.45) is 0 Å². The lowest BCUT2D eigenvalue weighted by Crippen LogP contribution is -2.35. The molecule has 0 bridgehead atoms. The lowest BCUT2D eigenvalue weighted by molar-refractivity contribution is -0.141. The highest BCUT2D eigenvalue weighted by molar-refractivity contribution is 5.96. The van der Waals surface area contributed by atoms with Gasteiger partial charge in [0.15, 0.2) is 0 Å². The number of hydrogen-bond acceptors (Lipinski definition) is 1. The van der Waals surface area contributed by atoms with E-state index in [1.165, 1.54) is 0 Å². The van der Waals surface area contributed by atoms with Gasteiger partial charge in [0.1, 0.15) is 0 Å². The van der Waals surface area contributed by atoms with Crippen LogP contribution in [0.5, 0.6) is 0 Å². The lowest BCUT2D eigenvalue weighted by atomic mass is 10.0. The van der Waals surface area contributed by atoms with Gasteiger partial charge in [-0.15, -0.1) is 0 Å². The summed E-state index contributed by atoms with van der Waals surface area (Å²) in [5.41, 5.74) is -3.62. The van der Waals surface area contributed by atoms with Gasteiger partial charge < -0.3 is 5.32 Å². The molecule has 2 rings (SSSR count). The molecule has 0 heterocycles. The van der Waals surface area contributed by atoms with Gasteiger partial charge in [0, 0.05) is 6.04 Å². The molecule has 0 unspecified atom stereocenters. The van der Waals surface area contributed by atoms with Crippen molar-refractivity contribution in [2.75, 3.05) is 0 Å². The van der Waals surface area contributed by atoms with Crippen molar-refractivity contribution in [3.63, 3.8) is 0 Å². The summed E-state index contributed by atoms with van der Waals surface area (Å²) in [7, 11) is 0. The standard InChI is InChI=1S/C16H17F6NO/c17-15(18,19)10-7-8-13(16(20,21)22)12(9-10)14(24)23-11-5-3-1-2-4-6-11/h7-9,11H,1-6H2,(H,23,24). The molecule has 0 saturated heterocycles. The fourth-order valence-corrected chi connectivity index (χ4v) is 2.84. The van der Waals surface area contributed by atoms with E-state index in [0.717, 1.165) is 25.7 Å². The van der Waals surface area contributed by atoms with Crippen molar-refractivity contribution in [1.29, 1.82) is 0 Å². The first-order valence-electron chi connectivity index (χ1n) is 7.68. The summed E-state index contributed by atoms with van der Waals surface area (Å²) in [5, 5.41) is 2.46. The molecule has 0 radical (unpaired) electrons. The zero-order valence-corrected chi connectivity index (χ0v) is 12.7. The number of halogens is 6. The van der Waals surface area contributed by atoms with Gasteiger partial charge >= 0.3 is 12.4 Å². The molecule has 1 aliphatic carbocycles. The van der Waals surface area contributed by atoms with Crippen LogP contribution in [0.15, 0.2) is 18.2 Å². The third-order valence-electron chi connectivity index (χ3n) is 4.09. The van der Waals surface area contributed by atoms with E-state index in [-0.39, 0.29) is 12.1 Å². The van der Waals surface area contributed by atoms with Crippen LogP contribution >= 0.6 is 0 Å². The molecule has 24 heavy (non-hydrogen) atoms. The maximum absolute atomic E-state index is 13.0. The molecule has 2 nitrogen and oxygen atoms in total. The Morgan fingerprint density at radius 2 is 1.50 bits per heavy atom. The van der Waals surface area contributed by atoms with Crippen LogP contribution in [0.25, 0.3) is 0 Å². The van der Waals surface area contributed by atoms with Gasteiger partial charge in [0.25, 0.3) is 5.91 Å². The molecule has 0 spiro atoms. The van der Waals surface area contributed by atoms with Crippen molar-refractivity contribution in [2.45, 2.75) is 56.9 Å². The van der Waals surface area contributed by atoms with Crippen LogP contribution in [0.3, 0.4) is 0 Å². The van der Waals surface area contributed by atoms with E-state index in [2.05, 4.69) is 5.32 Å². The Balaban J connectivity index is 2.32. The summed E-state index contributed by atoms with van der Waals surface area (Å²) in [6.07, 6.45) is -4.87. The average Bonchev–Trinajstić information content (AvgIpc) is 2.73. The van der Waals surface area contributed by atoms with Gasteiger partial charge in [-0.2, -0.15) is 26.3 Å². The zero-order valence-electron chi connectivity index (χ0n) is 12.7. The molecule has 0 aliphatic heterocycles. The highest BCUT2D eigenvalue weighted by Gasteiger charge is 2.38. The number of carbonyl (C=O) groups excluding carboxylic acids is 1. The van der Waals surface area contributed by atoms with Gasteiger partial charge in [0.05, 0.1) is 16.7 Å². The van der Waals surface area contributed by atoms with Crippen LogP contribution < -0.4 is 5.32 Å². The number of amides is 1. The predicted octanol–water partition coefficient (Wildman–Crippen LogP) is 5.18. The number of carbonyl (C=O) groups is 1. The molecular weight excluding hydrogens is 336 g/mol. The van der Waals surface area contributed by atoms with Gasteiger partial charge in [-0.25, -0.2) is 0 Å². The molecule has 1 N–H and O–H groups in total. The normalized spacial score (nSPS) is 17.4. The van der Waals surface area contributed by atoms with E-state index in [9.17, 15) is 31.1 Å². The first-order valence-corrected chi connectivity index (χ1v) is 7.68. The van der Waals surface area contributed by atoms with E-state index in [1.54, 1.807) is 0 Å².